The lowest BCUT2D eigenvalue weighted by molar-refractivity contribution is -0.113. The quantitative estimate of drug-likeness (QED) is 0.438. The third-order valence-corrected chi connectivity index (χ3v) is 5.79. The molecule has 1 saturated heterocycles. The lowest BCUT2D eigenvalue weighted by atomic mass is 10.1. The molecular weight excluding hydrogens is 436 g/mol. The summed E-state index contributed by atoms with van der Waals surface area (Å²) < 4.78 is 13.3. The van der Waals surface area contributed by atoms with E-state index in [-0.39, 0.29) is 5.91 Å². The third kappa shape index (κ3) is 4.47. The number of nitrogens with one attached hydrogen (secondary N) is 1. The second kappa shape index (κ2) is 9.07. The summed E-state index contributed by atoms with van der Waals surface area (Å²) in [6, 6.07) is 11.8. The highest BCUT2D eigenvalue weighted by Crippen LogP contribution is 2.28. The van der Waals surface area contributed by atoms with E-state index in [0.717, 1.165) is 39.4 Å². The Kier molecular flexibility index (Phi) is 6.20. The zero-order chi connectivity index (χ0) is 23.7. The minimum absolute atomic E-state index is 0.222. The van der Waals surface area contributed by atoms with Gasteiger partial charge in [-0.3, -0.25) is 9.48 Å². The van der Waals surface area contributed by atoms with Crippen molar-refractivity contribution in [3.05, 3.63) is 76.2 Å². The number of methoxy groups -OCH3 is 1. The predicted molar refractivity (Wildman–Crippen MR) is 132 cm³/mol. The van der Waals surface area contributed by atoms with Gasteiger partial charge in [0.15, 0.2) is 5.11 Å². The molecule has 1 amide bonds. The number of carbonyl (C=O) groups is 1. The van der Waals surface area contributed by atoms with Crippen LogP contribution in [0.1, 0.15) is 27.9 Å². The smallest absolute Gasteiger partial charge is 0.281 e. The van der Waals surface area contributed by atoms with Crippen molar-refractivity contribution >= 4 is 35.0 Å². The molecule has 1 fully saturated rings. The summed E-state index contributed by atoms with van der Waals surface area (Å²) in [5.74, 6) is 1.36. The minimum Gasteiger partial charge on any atom is -0.496 e. The summed E-state index contributed by atoms with van der Waals surface area (Å²) >= 11 is 5.42. The fourth-order valence-electron chi connectivity index (χ4n) is 3.91. The highest BCUT2D eigenvalue weighted by molar-refractivity contribution is 7.80. The molecule has 4 rings (SSSR count). The monoisotopic (exact) mass is 462 g/mol. The number of nitrogens with zero attached hydrogens (tertiary/aromatic N) is 3. The molecule has 1 aliphatic rings. The molecular formula is C25H26N4O3S. The van der Waals surface area contributed by atoms with Crippen LogP contribution in [-0.4, -0.2) is 27.9 Å². The molecule has 0 bridgehead atoms. The summed E-state index contributed by atoms with van der Waals surface area (Å²) in [7, 11) is 3.44. The molecule has 170 valence electrons. The van der Waals surface area contributed by atoms with Gasteiger partial charge in [-0.05, 0) is 67.9 Å². The Morgan fingerprint density at radius 2 is 1.88 bits per heavy atom. The molecule has 0 spiro atoms. The molecule has 2 aromatic carbocycles. The number of ether oxygens (including phenoxy) is 2. The van der Waals surface area contributed by atoms with E-state index in [2.05, 4.69) is 10.4 Å². The SMILES string of the molecule is COc1ccc(/C=C2/NC(=S)N(c3cn(C)nc3C)C2=O)cc1COc1c(C)cccc1C. The van der Waals surface area contributed by atoms with Crippen LogP contribution in [0.15, 0.2) is 48.3 Å². The van der Waals surface area contributed by atoms with Gasteiger partial charge in [0.25, 0.3) is 5.91 Å². The van der Waals surface area contributed by atoms with E-state index in [4.69, 9.17) is 21.7 Å². The summed E-state index contributed by atoms with van der Waals surface area (Å²) in [5, 5.41) is 7.67. The van der Waals surface area contributed by atoms with Crippen molar-refractivity contribution in [1.82, 2.24) is 15.1 Å². The lowest BCUT2D eigenvalue weighted by Gasteiger charge is -2.14. The van der Waals surface area contributed by atoms with Crippen LogP contribution in [0, 0.1) is 20.8 Å². The van der Waals surface area contributed by atoms with Crippen LogP contribution in [0.5, 0.6) is 11.5 Å². The summed E-state index contributed by atoms with van der Waals surface area (Å²) in [6.45, 7) is 6.23. The number of hydrogen-bond donors (Lipinski definition) is 1. The highest BCUT2D eigenvalue weighted by atomic mass is 32.1. The molecule has 1 N–H and O–H groups in total. The molecule has 1 aliphatic heterocycles. The Morgan fingerprint density at radius 1 is 1.15 bits per heavy atom. The number of aryl methyl sites for hydroxylation is 4. The van der Waals surface area contributed by atoms with Crippen LogP contribution in [0.3, 0.4) is 0 Å². The Morgan fingerprint density at radius 3 is 2.52 bits per heavy atom. The Balaban J connectivity index is 1.60. The van der Waals surface area contributed by atoms with E-state index in [1.54, 1.807) is 24.1 Å². The van der Waals surface area contributed by atoms with E-state index in [0.29, 0.717) is 23.1 Å². The second-order valence-electron chi connectivity index (χ2n) is 7.98. The van der Waals surface area contributed by atoms with E-state index in [1.807, 2.05) is 64.2 Å². The van der Waals surface area contributed by atoms with Crippen molar-refractivity contribution in [3.63, 3.8) is 0 Å². The summed E-state index contributed by atoms with van der Waals surface area (Å²) in [6.07, 6.45) is 3.56. The molecule has 8 heteroatoms. The molecule has 0 unspecified atom stereocenters. The van der Waals surface area contributed by atoms with Crippen LogP contribution in [-0.2, 0) is 18.4 Å². The normalized spacial score (nSPS) is 14.7. The molecule has 7 nitrogen and oxygen atoms in total. The minimum atomic E-state index is -0.222. The number of rotatable bonds is 6. The van der Waals surface area contributed by atoms with Crippen LogP contribution in [0.4, 0.5) is 5.69 Å². The largest absolute Gasteiger partial charge is 0.496 e. The van der Waals surface area contributed by atoms with Gasteiger partial charge in [-0.25, -0.2) is 4.90 Å². The van der Waals surface area contributed by atoms with Crippen LogP contribution in [0.2, 0.25) is 0 Å². The number of amides is 1. The first-order valence-electron chi connectivity index (χ1n) is 10.5. The maximum absolute atomic E-state index is 13.1. The van der Waals surface area contributed by atoms with Crippen LogP contribution >= 0.6 is 12.2 Å². The molecule has 0 saturated carbocycles. The Labute approximate surface area is 198 Å². The zero-order valence-corrected chi connectivity index (χ0v) is 20.1. The van der Waals surface area contributed by atoms with Crippen LogP contribution < -0.4 is 19.7 Å². The van der Waals surface area contributed by atoms with Crippen molar-refractivity contribution in [2.45, 2.75) is 27.4 Å². The number of carbonyl (C=O) groups excluding carboxylic acids is 1. The van der Waals surface area contributed by atoms with Crippen molar-refractivity contribution in [2.75, 3.05) is 12.0 Å². The first-order valence-corrected chi connectivity index (χ1v) is 10.9. The van der Waals surface area contributed by atoms with Crippen molar-refractivity contribution < 1.29 is 14.3 Å². The van der Waals surface area contributed by atoms with E-state index < -0.39 is 0 Å². The number of anilines is 1. The number of benzene rings is 2. The molecule has 0 aliphatic carbocycles. The summed E-state index contributed by atoms with van der Waals surface area (Å²) in [5.41, 5.74) is 5.66. The fourth-order valence-corrected chi connectivity index (χ4v) is 4.20. The Bertz CT molecular complexity index is 1260. The second-order valence-corrected chi connectivity index (χ2v) is 8.37. The molecule has 2 heterocycles. The van der Waals surface area contributed by atoms with Crippen LogP contribution in [0.25, 0.3) is 6.08 Å². The molecule has 3 aromatic rings. The third-order valence-electron chi connectivity index (χ3n) is 5.50. The van der Waals surface area contributed by atoms with Crippen molar-refractivity contribution in [2.24, 2.45) is 7.05 Å². The Hall–Kier alpha value is -3.65. The number of thiocarbonyl (C=S) groups is 1. The van der Waals surface area contributed by atoms with Gasteiger partial charge < -0.3 is 14.8 Å². The first-order chi connectivity index (χ1) is 15.8. The maximum atomic E-state index is 13.1. The number of para-hydroxylation sites is 1. The number of hydrogen-bond acceptors (Lipinski definition) is 5. The van der Waals surface area contributed by atoms with Gasteiger partial charge >= 0.3 is 0 Å². The van der Waals surface area contributed by atoms with Gasteiger partial charge in [0.1, 0.15) is 23.8 Å². The molecule has 0 atom stereocenters. The predicted octanol–water partition coefficient (Wildman–Crippen LogP) is 4.20. The maximum Gasteiger partial charge on any atom is 0.281 e. The van der Waals surface area contributed by atoms with Gasteiger partial charge in [0, 0.05) is 18.8 Å². The van der Waals surface area contributed by atoms with Gasteiger partial charge in [-0.2, -0.15) is 5.10 Å². The van der Waals surface area contributed by atoms with Crippen molar-refractivity contribution in [3.8, 4) is 11.5 Å². The standard InChI is InChI=1S/C25H26N4O3S/c1-15-7-6-8-16(2)23(15)32-14-19-11-18(9-10-22(19)31-5)12-20-24(30)29(25(33)26-20)21-13-28(4)27-17(21)3/h6-13H,14H2,1-5H3,(H,26,33)/b20-12+. The van der Waals surface area contributed by atoms with E-state index >= 15 is 0 Å². The van der Waals surface area contributed by atoms with Crippen molar-refractivity contribution in [1.29, 1.82) is 0 Å². The zero-order valence-electron chi connectivity index (χ0n) is 19.3. The topological polar surface area (TPSA) is 68.6 Å². The summed E-state index contributed by atoms with van der Waals surface area (Å²) in [4.78, 5) is 14.6. The molecule has 33 heavy (non-hydrogen) atoms. The van der Waals surface area contributed by atoms with Gasteiger partial charge in [0.2, 0.25) is 0 Å². The molecule has 1 aromatic heterocycles. The van der Waals surface area contributed by atoms with Gasteiger partial charge in [0.05, 0.1) is 18.5 Å². The fraction of sp³-hybridized carbons (Fsp3) is 0.240. The average molecular weight is 463 g/mol. The highest BCUT2D eigenvalue weighted by Gasteiger charge is 2.33. The van der Waals surface area contributed by atoms with E-state index in [1.165, 1.54) is 4.90 Å². The van der Waals surface area contributed by atoms with Gasteiger partial charge in [-0.1, -0.05) is 24.3 Å². The average Bonchev–Trinajstić information content (AvgIpc) is 3.24. The lowest BCUT2D eigenvalue weighted by Crippen LogP contribution is -2.30. The van der Waals surface area contributed by atoms with Gasteiger partial charge in [-0.15, -0.1) is 0 Å². The molecule has 0 radical (unpaired) electrons. The van der Waals surface area contributed by atoms with E-state index in [9.17, 15) is 4.79 Å². The number of aromatic nitrogens is 2. The first kappa shape index (κ1) is 22.5.